The molecule has 7 heteroatoms. The lowest BCUT2D eigenvalue weighted by Crippen LogP contribution is -2.16. The van der Waals surface area contributed by atoms with Crippen LogP contribution in [0.2, 0.25) is 0 Å². The Morgan fingerprint density at radius 1 is 1.22 bits per heavy atom. The average Bonchev–Trinajstić information content (AvgIpc) is 3.28. The van der Waals surface area contributed by atoms with Crippen LogP contribution in [0.3, 0.4) is 0 Å². The van der Waals surface area contributed by atoms with E-state index in [2.05, 4.69) is 22.9 Å². The van der Waals surface area contributed by atoms with Crippen LogP contribution in [0.15, 0.2) is 0 Å². The second kappa shape index (κ2) is 29.1. The molecule has 0 spiro atoms. The van der Waals surface area contributed by atoms with Gasteiger partial charge >= 0.3 is 0 Å². The molecule has 2 aliphatic rings. The van der Waals surface area contributed by atoms with Crippen LogP contribution in [0.1, 0.15) is 74.7 Å². The number of nitrogens with one attached hydrogen (secondary N) is 3. The minimum absolute atomic E-state index is 0.101. The summed E-state index contributed by atoms with van der Waals surface area (Å²) in [6.07, 6.45) is 4.09. The summed E-state index contributed by atoms with van der Waals surface area (Å²) in [4.78, 5) is 19.8. The van der Waals surface area contributed by atoms with Crippen LogP contribution >= 0.6 is 0 Å². The van der Waals surface area contributed by atoms with Gasteiger partial charge in [-0.3, -0.25) is 9.59 Å². The fourth-order valence-electron chi connectivity index (χ4n) is 1.66. The van der Waals surface area contributed by atoms with E-state index >= 15 is 0 Å². The minimum atomic E-state index is -0.167. The third-order valence-corrected chi connectivity index (χ3v) is 2.90. The molecule has 0 saturated carbocycles. The van der Waals surface area contributed by atoms with Crippen molar-refractivity contribution >= 4 is 12.3 Å². The van der Waals surface area contributed by atoms with Gasteiger partial charge in [0.25, 0.3) is 0 Å². The minimum Gasteiger partial charge on any atom is -0.394 e. The fraction of sp³-hybridized carbons (Fsp3) is 0.850. The van der Waals surface area contributed by atoms with Gasteiger partial charge in [-0.1, -0.05) is 34.6 Å². The molecule has 2 amide bonds. The van der Waals surface area contributed by atoms with Crippen molar-refractivity contribution in [1.82, 2.24) is 16.0 Å². The largest absolute Gasteiger partial charge is 0.394 e. The Labute approximate surface area is 167 Å². The van der Waals surface area contributed by atoms with Crippen molar-refractivity contribution in [1.29, 1.82) is 5.26 Å². The van der Waals surface area contributed by atoms with E-state index in [4.69, 9.17) is 10.4 Å². The van der Waals surface area contributed by atoms with Crippen molar-refractivity contribution in [3.05, 3.63) is 0 Å². The van der Waals surface area contributed by atoms with E-state index in [-0.39, 0.29) is 24.5 Å². The van der Waals surface area contributed by atoms with Gasteiger partial charge in [-0.25, -0.2) is 0 Å². The van der Waals surface area contributed by atoms with Crippen molar-refractivity contribution < 1.29 is 14.7 Å². The summed E-state index contributed by atoms with van der Waals surface area (Å²) in [5, 5.41) is 24.0. The monoisotopic (exact) mass is 388 g/mol. The highest BCUT2D eigenvalue weighted by atomic mass is 16.3. The maximum absolute atomic E-state index is 10.5. The average molecular weight is 389 g/mol. The molecular formula is C20H44N4O3. The molecule has 2 saturated heterocycles. The van der Waals surface area contributed by atoms with E-state index in [9.17, 15) is 9.59 Å². The molecule has 4 N–H and O–H groups in total. The summed E-state index contributed by atoms with van der Waals surface area (Å²) in [7, 11) is 0. The van der Waals surface area contributed by atoms with Gasteiger partial charge in [0.1, 0.15) is 6.54 Å². The third-order valence-electron chi connectivity index (χ3n) is 2.90. The number of nitriles is 1. The van der Waals surface area contributed by atoms with E-state index in [1.165, 1.54) is 19.4 Å². The molecule has 2 rings (SSSR count). The highest BCUT2D eigenvalue weighted by Crippen LogP contribution is 2.05. The van der Waals surface area contributed by atoms with Crippen LogP contribution in [0, 0.1) is 17.2 Å². The first-order valence-corrected chi connectivity index (χ1v) is 10.1. The van der Waals surface area contributed by atoms with Gasteiger partial charge in [0.05, 0.1) is 6.07 Å². The molecule has 0 aromatic carbocycles. The number of rotatable bonds is 2. The Morgan fingerprint density at radius 2 is 1.74 bits per heavy atom. The Kier molecular flexibility index (Phi) is 35.6. The number of aliphatic hydroxyl groups is 1. The lowest BCUT2D eigenvalue weighted by atomic mass is 10.1. The number of amides is 2. The second-order valence-electron chi connectivity index (χ2n) is 5.73. The molecule has 0 bridgehead atoms. The van der Waals surface area contributed by atoms with Crippen LogP contribution in [0.25, 0.3) is 0 Å². The topological polar surface area (TPSA) is 114 Å². The highest BCUT2D eigenvalue weighted by molar-refractivity contribution is 5.80. The summed E-state index contributed by atoms with van der Waals surface area (Å²) < 4.78 is 0. The molecule has 2 aliphatic heterocycles. The van der Waals surface area contributed by atoms with Gasteiger partial charge in [-0.15, -0.1) is 0 Å². The van der Waals surface area contributed by atoms with Crippen LogP contribution in [0.4, 0.5) is 0 Å². The Bertz CT molecular complexity index is 336. The highest BCUT2D eigenvalue weighted by Gasteiger charge is 2.17. The Morgan fingerprint density at radius 3 is 1.85 bits per heavy atom. The fourth-order valence-corrected chi connectivity index (χ4v) is 1.66. The van der Waals surface area contributed by atoms with Crippen LogP contribution in [-0.4, -0.2) is 49.2 Å². The molecule has 0 aromatic heterocycles. The number of carbonyl (C=O) groups excluding carboxylic acids is 2. The lowest BCUT2D eigenvalue weighted by molar-refractivity contribution is -0.122. The summed E-state index contributed by atoms with van der Waals surface area (Å²) in [5.41, 5.74) is 0. The predicted octanol–water partition coefficient (Wildman–Crippen LogP) is 2.60. The van der Waals surface area contributed by atoms with Gasteiger partial charge < -0.3 is 21.1 Å². The first-order valence-electron chi connectivity index (χ1n) is 10.1. The maximum Gasteiger partial charge on any atom is 0.222 e. The van der Waals surface area contributed by atoms with E-state index in [0.29, 0.717) is 6.41 Å². The molecule has 2 fully saturated rings. The number of nitrogens with zero attached hydrogens (tertiary/aromatic N) is 1. The number of hydrogen-bond donors (Lipinski definition) is 4. The van der Waals surface area contributed by atoms with Gasteiger partial charge in [-0.2, -0.15) is 5.26 Å². The van der Waals surface area contributed by atoms with E-state index in [1.54, 1.807) is 19.9 Å². The van der Waals surface area contributed by atoms with Crippen LogP contribution in [-0.2, 0) is 9.59 Å². The summed E-state index contributed by atoms with van der Waals surface area (Å²) in [6.45, 7) is 17.8. The quantitative estimate of drug-likeness (QED) is 0.330. The Balaban J connectivity index is -0.000000125. The summed E-state index contributed by atoms with van der Waals surface area (Å²) in [6, 6.07) is 2.52. The number of hydrogen-bond acceptors (Lipinski definition) is 5. The molecule has 0 radical (unpaired) electrons. The third kappa shape index (κ3) is 36.1. The van der Waals surface area contributed by atoms with Crippen molar-refractivity contribution in [3.8, 4) is 6.07 Å². The lowest BCUT2D eigenvalue weighted by Gasteiger charge is -1.95. The van der Waals surface area contributed by atoms with E-state index < -0.39 is 0 Å². The zero-order valence-electron chi connectivity index (χ0n) is 18.8. The van der Waals surface area contributed by atoms with Crippen LogP contribution in [0.5, 0.6) is 0 Å². The smallest absolute Gasteiger partial charge is 0.222 e. The molecule has 2 heterocycles. The Hall–Kier alpha value is -1.65. The van der Waals surface area contributed by atoms with Gasteiger partial charge in [0, 0.05) is 24.6 Å². The van der Waals surface area contributed by atoms with Crippen LogP contribution < -0.4 is 16.0 Å². The summed E-state index contributed by atoms with van der Waals surface area (Å²) >= 11 is 0. The first kappa shape index (κ1) is 33.0. The molecule has 2 atom stereocenters. The molecular weight excluding hydrogens is 344 g/mol. The number of carbonyl (C=O) groups is 2. The second-order valence-corrected chi connectivity index (χ2v) is 5.73. The predicted molar refractivity (Wildman–Crippen MR) is 113 cm³/mol. The molecule has 162 valence electrons. The van der Waals surface area contributed by atoms with Gasteiger partial charge in [0.2, 0.25) is 12.3 Å². The van der Waals surface area contributed by atoms with Crippen molar-refractivity contribution in [2.24, 2.45) is 5.92 Å². The van der Waals surface area contributed by atoms with E-state index in [1.807, 2.05) is 34.6 Å². The molecule has 0 aromatic rings. The van der Waals surface area contributed by atoms with Crippen molar-refractivity contribution in [2.75, 3.05) is 19.6 Å². The first-order chi connectivity index (χ1) is 12.8. The molecule has 7 nitrogen and oxygen atoms in total. The zero-order valence-corrected chi connectivity index (χ0v) is 18.8. The van der Waals surface area contributed by atoms with Gasteiger partial charge in [0.15, 0.2) is 0 Å². The van der Waals surface area contributed by atoms with Crippen molar-refractivity contribution in [2.45, 2.75) is 86.8 Å². The van der Waals surface area contributed by atoms with Gasteiger partial charge in [-0.05, 0) is 46.6 Å². The standard InChI is InChI=1S/C5H9NO.C5H11N.C3H4N2O.C3H8O.2C2H6/c1-4-2-3-6-5(4)7;1-5-3-2-4-6-5;4-1-2-5-3-6;1-3(2)4;2*1-2/h4H,2-3H2,1H3,(H,6,7);5-6H,2-4H2,1H3;3H,2H2,(H,5,6);3-4H,1-2H3;2*1-2H3. The van der Waals surface area contributed by atoms with Crippen molar-refractivity contribution in [3.63, 3.8) is 0 Å². The molecule has 0 aliphatic carbocycles. The normalized spacial score (nSPS) is 18.6. The molecule has 2 unspecified atom stereocenters. The SMILES string of the molecule is CC.CC.CC(C)O.CC1CCCN1.CC1CCNC1=O.N#CCNC=O. The zero-order chi connectivity index (χ0) is 22.1. The summed E-state index contributed by atoms with van der Waals surface area (Å²) in [5.74, 6) is 0.472. The van der Waals surface area contributed by atoms with E-state index in [0.717, 1.165) is 19.0 Å². The molecule has 27 heavy (non-hydrogen) atoms. The number of aliphatic hydroxyl groups excluding tert-OH is 1. The maximum atomic E-state index is 10.5.